The van der Waals surface area contributed by atoms with Crippen LogP contribution in [0.5, 0.6) is 5.75 Å². The van der Waals surface area contributed by atoms with Gasteiger partial charge in [-0.3, -0.25) is 9.59 Å². The SMILES string of the molecule is COC(=O)[C@H](Cc1ccc(OC(=O)N(C)C)cc1)NC(=O)C12CC3CC(CC(C(C)=O)(C3)C1)C2. The van der Waals surface area contributed by atoms with Crippen molar-refractivity contribution in [3.63, 3.8) is 0 Å². The Hall–Kier alpha value is -2.90. The summed E-state index contributed by atoms with van der Waals surface area (Å²) in [6.45, 7) is 1.66. The summed E-state index contributed by atoms with van der Waals surface area (Å²) >= 11 is 0. The Kier molecular flexibility index (Phi) is 6.44. The zero-order valence-electron chi connectivity index (χ0n) is 20.4. The van der Waals surface area contributed by atoms with Crippen LogP contribution in [0.4, 0.5) is 4.79 Å². The lowest BCUT2D eigenvalue weighted by Gasteiger charge is -2.60. The minimum absolute atomic E-state index is 0.140. The van der Waals surface area contributed by atoms with Gasteiger partial charge >= 0.3 is 12.1 Å². The number of nitrogens with one attached hydrogen (secondary N) is 1. The number of Topliss-reactive ketones (excluding diaryl/α,β-unsaturated/α-hetero) is 1. The molecule has 2 amide bonds. The van der Waals surface area contributed by atoms with Crippen molar-refractivity contribution in [2.45, 2.75) is 57.9 Å². The number of nitrogens with zero attached hydrogens (tertiary/aromatic N) is 1. The lowest BCUT2D eigenvalue weighted by molar-refractivity contribution is -0.166. The standard InChI is InChI=1S/C26H34N2O6/c1-16(29)25-11-18-9-19(12-25)14-26(13-18,15-25)23(31)27-21(22(30)33-4)10-17-5-7-20(8-6-17)34-24(32)28(2)3/h5-8,18-19,21H,9-15H2,1-4H3,(H,27,31)/t18?,19?,21-,25?,26?/m0/s1. The molecule has 0 spiro atoms. The third kappa shape index (κ3) is 4.55. The van der Waals surface area contributed by atoms with Gasteiger partial charge < -0.3 is 19.7 Å². The van der Waals surface area contributed by atoms with Crippen LogP contribution in [-0.2, 0) is 25.5 Å². The monoisotopic (exact) mass is 470 g/mol. The zero-order chi connectivity index (χ0) is 24.7. The van der Waals surface area contributed by atoms with Gasteiger partial charge in [0.1, 0.15) is 17.6 Å². The Balaban J connectivity index is 1.48. The number of rotatable bonds is 7. The quantitative estimate of drug-likeness (QED) is 0.615. The number of methoxy groups -OCH3 is 1. The maximum absolute atomic E-state index is 13.6. The first-order valence-electron chi connectivity index (χ1n) is 11.9. The topological polar surface area (TPSA) is 102 Å². The summed E-state index contributed by atoms with van der Waals surface area (Å²) in [5.41, 5.74) is -0.181. The Labute approximate surface area is 200 Å². The minimum atomic E-state index is -0.839. The first-order valence-corrected chi connectivity index (χ1v) is 11.9. The van der Waals surface area contributed by atoms with Crippen LogP contribution in [0.25, 0.3) is 0 Å². The second-order valence-corrected chi connectivity index (χ2v) is 10.7. The van der Waals surface area contributed by atoms with Gasteiger partial charge in [0.25, 0.3) is 0 Å². The van der Waals surface area contributed by atoms with Crippen molar-refractivity contribution < 1.29 is 28.7 Å². The number of hydrogen-bond donors (Lipinski definition) is 1. The Bertz CT molecular complexity index is 972. The third-order valence-corrected chi connectivity index (χ3v) is 8.01. The van der Waals surface area contributed by atoms with Crippen LogP contribution in [0, 0.1) is 22.7 Å². The van der Waals surface area contributed by atoms with E-state index < -0.39 is 23.5 Å². The summed E-state index contributed by atoms with van der Waals surface area (Å²) in [6, 6.07) is 5.99. The number of hydrogen-bond acceptors (Lipinski definition) is 6. The van der Waals surface area contributed by atoms with Crippen LogP contribution < -0.4 is 10.1 Å². The molecule has 4 aliphatic rings. The summed E-state index contributed by atoms with van der Waals surface area (Å²) in [7, 11) is 4.51. The lowest BCUT2D eigenvalue weighted by Crippen LogP contribution is -2.61. The van der Waals surface area contributed by atoms with E-state index in [1.54, 1.807) is 45.3 Å². The molecule has 0 radical (unpaired) electrons. The average Bonchev–Trinajstić information content (AvgIpc) is 2.78. The van der Waals surface area contributed by atoms with E-state index in [1.807, 2.05) is 0 Å². The Morgan fingerprint density at radius 2 is 1.62 bits per heavy atom. The van der Waals surface area contributed by atoms with Gasteiger partial charge in [-0.1, -0.05) is 12.1 Å². The molecule has 1 aromatic rings. The number of amides is 2. The number of carbonyl (C=O) groups is 4. The fourth-order valence-corrected chi connectivity index (χ4v) is 6.71. The van der Waals surface area contributed by atoms with E-state index in [0.29, 0.717) is 24.0 Å². The highest BCUT2D eigenvalue weighted by Gasteiger charge is 2.62. The van der Waals surface area contributed by atoms with Crippen LogP contribution in [0.3, 0.4) is 0 Å². The molecule has 4 bridgehead atoms. The highest BCUT2D eigenvalue weighted by Crippen LogP contribution is 2.65. The molecule has 0 aliphatic heterocycles. The van der Waals surface area contributed by atoms with Gasteiger partial charge in [0, 0.05) is 25.9 Å². The lowest BCUT2D eigenvalue weighted by atomic mass is 9.43. The molecule has 3 atom stereocenters. The number of esters is 1. The molecule has 2 unspecified atom stereocenters. The van der Waals surface area contributed by atoms with Crippen LogP contribution in [0.2, 0.25) is 0 Å². The van der Waals surface area contributed by atoms with Gasteiger partial charge in [-0.05, 0) is 75.0 Å². The molecule has 0 aromatic heterocycles. The van der Waals surface area contributed by atoms with E-state index in [-0.39, 0.29) is 23.5 Å². The van der Waals surface area contributed by atoms with E-state index in [4.69, 9.17) is 9.47 Å². The van der Waals surface area contributed by atoms with E-state index >= 15 is 0 Å². The van der Waals surface area contributed by atoms with E-state index in [0.717, 1.165) is 37.7 Å². The number of ketones is 1. The van der Waals surface area contributed by atoms with Gasteiger partial charge in [0.15, 0.2) is 0 Å². The van der Waals surface area contributed by atoms with Crippen LogP contribution in [0.15, 0.2) is 24.3 Å². The molecule has 4 fully saturated rings. The van der Waals surface area contributed by atoms with Crippen molar-refractivity contribution in [3.05, 3.63) is 29.8 Å². The van der Waals surface area contributed by atoms with E-state index in [9.17, 15) is 19.2 Å². The zero-order valence-corrected chi connectivity index (χ0v) is 20.4. The molecule has 0 heterocycles. The molecule has 184 valence electrons. The average molecular weight is 471 g/mol. The molecule has 8 heteroatoms. The second-order valence-electron chi connectivity index (χ2n) is 10.7. The van der Waals surface area contributed by atoms with Gasteiger partial charge in [-0.25, -0.2) is 9.59 Å². The predicted octanol–water partition coefficient (Wildman–Crippen LogP) is 3.12. The highest BCUT2D eigenvalue weighted by molar-refractivity contribution is 5.90. The molecule has 34 heavy (non-hydrogen) atoms. The van der Waals surface area contributed by atoms with Gasteiger partial charge in [-0.15, -0.1) is 0 Å². The number of carbonyl (C=O) groups excluding carboxylic acids is 4. The predicted molar refractivity (Wildman–Crippen MR) is 124 cm³/mol. The summed E-state index contributed by atoms with van der Waals surface area (Å²) < 4.78 is 10.2. The normalized spacial score (nSPS) is 29.8. The largest absolute Gasteiger partial charge is 0.467 e. The fraction of sp³-hybridized carbons (Fsp3) is 0.615. The molecule has 8 nitrogen and oxygen atoms in total. The van der Waals surface area contributed by atoms with Gasteiger partial charge in [-0.2, -0.15) is 0 Å². The molecule has 4 saturated carbocycles. The maximum Gasteiger partial charge on any atom is 0.414 e. The third-order valence-electron chi connectivity index (χ3n) is 8.01. The highest BCUT2D eigenvalue weighted by atomic mass is 16.6. The van der Waals surface area contributed by atoms with E-state index in [1.165, 1.54) is 12.0 Å². The summed E-state index contributed by atoms with van der Waals surface area (Å²) in [5.74, 6) is 0.721. The Morgan fingerprint density at radius 3 is 2.15 bits per heavy atom. The van der Waals surface area contributed by atoms with Crippen molar-refractivity contribution >= 4 is 23.8 Å². The first-order chi connectivity index (χ1) is 16.1. The van der Waals surface area contributed by atoms with Crippen LogP contribution in [-0.4, -0.2) is 55.9 Å². The molecular formula is C26H34N2O6. The van der Waals surface area contributed by atoms with Crippen LogP contribution >= 0.6 is 0 Å². The summed E-state index contributed by atoms with van der Waals surface area (Å²) in [4.78, 5) is 51.8. The second kappa shape index (κ2) is 9.04. The van der Waals surface area contributed by atoms with Crippen molar-refractivity contribution in [3.8, 4) is 5.75 Å². The van der Waals surface area contributed by atoms with Gasteiger partial charge in [0.05, 0.1) is 12.5 Å². The minimum Gasteiger partial charge on any atom is -0.467 e. The number of ether oxygens (including phenoxy) is 2. The van der Waals surface area contributed by atoms with Crippen molar-refractivity contribution in [1.82, 2.24) is 10.2 Å². The first kappa shape index (κ1) is 24.2. The molecule has 4 aliphatic carbocycles. The molecular weight excluding hydrogens is 436 g/mol. The molecule has 0 saturated heterocycles. The Morgan fingerprint density at radius 1 is 1.03 bits per heavy atom. The summed E-state index contributed by atoms with van der Waals surface area (Å²) in [6.07, 6.45) is 4.78. The molecule has 1 N–H and O–H groups in total. The molecule has 5 rings (SSSR count). The van der Waals surface area contributed by atoms with Crippen molar-refractivity contribution in [1.29, 1.82) is 0 Å². The van der Waals surface area contributed by atoms with E-state index in [2.05, 4.69) is 5.32 Å². The molecule has 1 aromatic carbocycles. The van der Waals surface area contributed by atoms with Crippen molar-refractivity contribution in [2.24, 2.45) is 22.7 Å². The van der Waals surface area contributed by atoms with Crippen LogP contribution in [0.1, 0.15) is 51.0 Å². The fourth-order valence-electron chi connectivity index (χ4n) is 6.71. The number of benzene rings is 1. The smallest absolute Gasteiger partial charge is 0.414 e. The maximum atomic E-state index is 13.6. The summed E-state index contributed by atoms with van der Waals surface area (Å²) in [5, 5.41) is 2.97. The van der Waals surface area contributed by atoms with Crippen molar-refractivity contribution in [2.75, 3.05) is 21.2 Å². The van der Waals surface area contributed by atoms with Gasteiger partial charge in [0.2, 0.25) is 5.91 Å².